The molecule has 0 aromatic heterocycles. The Morgan fingerprint density at radius 3 is 2.00 bits per heavy atom. The van der Waals surface area contributed by atoms with Crippen LogP contribution in [0.15, 0.2) is 0 Å². The zero-order chi connectivity index (χ0) is 21.6. The number of rotatable bonds is 8. The number of carbonyl (C=O) groups excluding carboxylic acids is 3. The van der Waals surface area contributed by atoms with Crippen LogP contribution in [0.3, 0.4) is 0 Å². The first kappa shape index (κ1) is 23.7. The fraction of sp³-hybridized carbons (Fsp3) is 0.870. The van der Waals surface area contributed by atoms with Gasteiger partial charge in [0.2, 0.25) is 17.7 Å². The molecule has 0 spiro atoms. The SMILES string of the molecule is CCCCN(CCCC)C(=O)C1CCN(C(=O)C2CC(=O)N(C(C)(C)C)C2)CC1. The van der Waals surface area contributed by atoms with E-state index in [1.165, 1.54) is 0 Å². The Hall–Kier alpha value is -1.59. The molecule has 6 heteroatoms. The van der Waals surface area contributed by atoms with E-state index in [1.54, 1.807) is 0 Å². The Bertz CT molecular complexity index is 568. The van der Waals surface area contributed by atoms with Crippen molar-refractivity contribution in [3.05, 3.63) is 0 Å². The van der Waals surface area contributed by atoms with E-state index in [2.05, 4.69) is 13.8 Å². The summed E-state index contributed by atoms with van der Waals surface area (Å²) in [4.78, 5) is 44.0. The third-order valence-electron chi connectivity index (χ3n) is 6.31. The first-order valence-electron chi connectivity index (χ1n) is 11.6. The van der Waals surface area contributed by atoms with E-state index in [0.29, 0.717) is 26.1 Å². The molecule has 2 aliphatic heterocycles. The summed E-state index contributed by atoms with van der Waals surface area (Å²) in [5, 5.41) is 0. The maximum absolute atomic E-state index is 13.0. The van der Waals surface area contributed by atoms with E-state index in [4.69, 9.17) is 0 Å². The molecule has 1 atom stereocenters. The zero-order valence-corrected chi connectivity index (χ0v) is 19.2. The number of piperidine rings is 1. The van der Waals surface area contributed by atoms with Gasteiger partial charge in [-0.1, -0.05) is 26.7 Å². The van der Waals surface area contributed by atoms with E-state index in [-0.39, 0.29) is 35.1 Å². The van der Waals surface area contributed by atoms with Crippen LogP contribution in [-0.4, -0.2) is 70.7 Å². The van der Waals surface area contributed by atoms with Gasteiger partial charge in [0.1, 0.15) is 0 Å². The number of hydrogen-bond donors (Lipinski definition) is 0. The van der Waals surface area contributed by atoms with Gasteiger partial charge in [0, 0.05) is 50.6 Å². The second kappa shape index (κ2) is 10.4. The number of hydrogen-bond acceptors (Lipinski definition) is 3. The van der Waals surface area contributed by atoms with Crippen LogP contribution in [0.5, 0.6) is 0 Å². The van der Waals surface area contributed by atoms with Crippen molar-refractivity contribution >= 4 is 17.7 Å². The molecule has 0 bridgehead atoms. The Morgan fingerprint density at radius 1 is 1.00 bits per heavy atom. The minimum atomic E-state index is -0.244. The van der Waals surface area contributed by atoms with Crippen LogP contribution in [-0.2, 0) is 14.4 Å². The summed E-state index contributed by atoms with van der Waals surface area (Å²) in [6.07, 6.45) is 6.07. The minimum absolute atomic E-state index is 0.0315. The average Bonchev–Trinajstić information content (AvgIpc) is 3.09. The molecule has 0 N–H and O–H groups in total. The number of unbranched alkanes of at least 4 members (excludes halogenated alkanes) is 2. The van der Waals surface area contributed by atoms with E-state index >= 15 is 0 Å². The topological polar surface area (TPSA) is 60.9 Å². The quantitative estimate of drug-likeness (QED) is 0.620. The van der Waals surface area contributed by atoms with Gasteiger partial charge < -0.3 is 14.7 Å². The Kier molecular flexibility index (Phi) is 8.53. The normalized spacial score (nSPS) is 21.0. The molecule has 2 fully saturated rings. The van der Waals surface area contributed by atoms with Crippen LogP contribution in [0.4, 0.5) is 0 Å². The lowest BCUT2D eigenvalue weighted by atomic mass is 9.93. The number of likely N-dealkylation sites (tertiary alicyclic amines) is 2. The van der Waals surface area contributed by atoms with Gasteiger partial charge in [0.05, 0.1) is 5.92 Å². The maximum atomic E-state index is 13.0. The van der Waals surface area contributed by atoms with Crippen molar-refractivity contribution in [1.82, 2.24) is 14.7 Å². The monoisotopic (exact) mass is 407 g/mol. The molecule has 0 aromatic carbocycles. The Morgan fingerprint density at radius 2 is 1.55 bits per heavy atom. The standard InChI is InChI=1S/C23H41N3O3/c1-6-8-12-24(13-9-7-2)21(28)18-10-14-25(15-11-18)22(29)19-16-20(27)26(17-19)23(3,4)5/h18-19H,6-17H2,1-5H3. The first-order valence-corrected chi connectivity index (χ1v) is 11.6. The zero-order valence-electron chi connectivity index (χ0n) is 19.2. The van der Waals surface area contributed by atoms with Crippen LogP contribution in [0.25, 0.3) is 0 Å². The van der Waals surface area contributed by atoms with Crippen LogP contribution in [0.1, 0.15) is 79.6 Å². The number of amides is 3. The van der Waals surface area contributed by atoms with Crippen LogP contribution < -0.4 is 0 Å². The van der Waals surface area contributed by atoms with E-state index < -0.39 is 0 Å². The van der Waals surface area contributed by atoms with Gasteiger partial charge in [-0.25, -0.2) is 0 Å². The predicted molar refractivity (Wildman–Crippen MR) is 115 cm³/mol. The summed E-state index contributed by atoms with van der Waals surface area (Å²) < 4.78 is 0. The van der Waals surface area contributed by atoms with Crippen molar-refractivity contribution < 1.29 is 14.4 Å². The van der Waals surface area contributed by atoms with Gasteiger partial charge >= 0.3 is 0 Å². The lowest BCUT2D eigenvalue weighted by molar-refractivity contribution is -0.142. The maximum Gasteiger partial charge on any atom is 0.227 e. The Labute approximate surface area is 177 Å². The van der Waals surface area contributed by atoms with Gasteiger partial charge in [0.25, 0.3) is 0 Å². The highest BCUT2D eigenvalue weighted by atomic mass is 16.2. The average molecular weight is 408 g/mol. The fourth-order valence-corrected chi connectivity index (χ4v) is 4.41. The molecule has 2 saturated heterocycles. The predicted octanol–water partition coefficient (Wildman–Crippen LogP) is 3.30. The molecule has 2 rings (SSSR count). The highest BCUT2D eigenvalue weighted by Crippen LogP contribution is 2.29. The van der Waals surface area contributed by atoms with Crippen molar-refractivity contribution in [3.63, 3.8) is 0 Å². The van der Waals surface area contributed by atoms with Gasteiger partial charge in [-0.2, -0.15) is 0 Å². The van der Waals surface area contributed by atoms with Crippen LogP contribution in [0, 0.1) is 11.8 Å². The minimum Gasteiger partial charge on any atom is -0.342 e. The molecule has 0 radical (unpaired) electrons. The van der Waals surface area contributed by atoms with E-state index in [9.17, 15) is 14.4 Å². The number of carbonyl (C=O) groups is 3. The van der Waals surface area contributed by atoms with Crippen molar-refractivity contribution in [1.29, 1.82) is 0 Å². The first-order chi connectivity index (χ1) is 13.7. The summed E-state index contributed by atoms with van der Waals surface area (Å²) in [7, 11) is 0. The van der Waals surface area contributed by atoms with Crippen LogP contribution >= 0.6 is 0 Å². The molecule has 0 saturated carbocycles. The lowest BCUT2D eigenvalue weighted by Crippen LogP contribution is -2.47. The largest absolute Gasteiger partial charge is 0.342 e. The molecule has 3 amide bonds. The molecule has 1 unspecified atom stereocenters. The Balaban J connectivity index is 1.88. The molecule has 2 heterocycles. The highest BCUT2D eigenvalue weighted by molar-refractivity contribution is 5.90. The highest BCUT2D eigenvalue weighted by Gasteiger charge is 2.41. The molecule has 0 aliphatic carbocycles. The molecule has 0 aromatic rings. The summed E-state index contributed by atoms with van der Waals surface area (Å²) >= 11 is 0. The van der Waals surface area contributed by atoms with Gasteiger partial charge in [0.15, 0.2) is 0 Å². The molecule has 29 heavy (non-hydrogen) atoms. The van der Waals surface area contributed by atoms with Crippen molar-refractivity contribution in [2.24, 2.45) is 11.8 Å². The van der Waals surface area contributed by atoms with Crippen molar-refractivity contribution in [2.75, 3.05) is 32.7 Å². The van der Waals surface area contributed by atoms with Crippen molar-refractivity contribution in [2.45, 2.75) is 85.1 Å². The lowest BCUT2D eigenvalue weighted by Gasteiger charge is -2.36. The molecule has 6 nitrogen and oxygen atoms in total. The summed E-state index contributed by atoms with van der Waals surface area (Å²) in [5.41, 5.74) is -0.244. The smallest absolute Gasteiger partial charge is 0.227 e. The summed E-state index contributed by atoms with van der Waals surface area (Å²) in [6.45, 7) is 13.8. The van der Waals surface area contributed by atoms with Crippen molar-refractivity contribution in [3.8, 4) is 0 Å². The number of nitrogens with zero attached hydrogens (tertiary/aromatic N) is 3. The molecule has 2 aliphatic rings. The van der Waals surface area contributed by atoms with Crippen LogP contribution in [0.2, 0.25) is 0 Å². The third kappa shape index (κ3) is 6.19. The fourth-order valence-electron chi connectivity index (χ4n) is 4.41. The van der Waals surface area contributed by atoms with Gasteiger partial charge in [-0.05, 0) is 46.5 Å². The third-order valence-corrected chi connectivity index (χ3v) is 6.31. The second-order valence-corrected chi connectivity index (χ2v) is 9.71. The molecule has 166 valence electrons. The summed E-state index contributed by atoms with van der Waals surface area (Å²) in [6, 6.07) is 0. The van der Waals surface area contributed by atoms with E-state index in [1.807, 2.05) is 35.5 Å². The second-order valence-electron chi connectivity index (χ2n) is 9.71. The molecular weight excluding hydrogens is 366 g/mol. The summed E-state index contributed by atoms with van der Waals surface area (Å²) in [5.74, 6) is 0.228. The van der Waals surface area contributed by atoms with Gasteiger partial charge in [-0.3, -0.25) is 14.4 Å². The van der Waals surface area contributed by atoms with Gasteiger partial charge in [-0.15, -0.1) is 0 Å². The van der Waals surface area contributed by atoms with E-state index in [0.717, 1.165) is 51.6 Å². The molecular formula is C23H41N3O3.